The second kappa shape index (κ2) is 8.84. The van der Waals surface area contributed by atoms with E-state index in [-0.39, 0.29) is 17.7 Å². The van der Waals surface area contributed by atoms with Gasteiger partial charge < -0.3 is 15.0 Å². The van der Waals surface area contributed by atoms with Gasteiger partial charge in [0, 0.05) is 11.9 Å². The number of nitrogens with zero attached hydrogens (tertiary/aromatic N) is 2. The van der Waals surface area contributed by atoms with Crippen LogP contribution in [-0.2, 0) is 14.4 Å². The minimum atomic E-state index is -0.853. The van der Waals surface area contributed by atoms with Crippen LogP contribution in [0.25, 0.3) is 16.8 Å². The predicted molar refractivity (Wildman–Crippen MR) is 149 cm³/mol. The van der Waals surface area contributed by atoms with Gasteiger partial charge in [-0.1, -0.05) is 54.6 Å². The molecule has 0 spiro atoms. The molecule has 192 valence electrons. The van der Waals surface area contributed by atoms with Crippen LogP contribution in [0.2, 0.25) is 0 Å². The van der Waals surface area contributed by atoms with E-state index in [1.165, 1.54) is 4.90 Å². The van der Waals surface area contributed by atoms with Crippen molar-refractivity contribution < 1.29 is 19.1 Å². The van der Waals surface area contributed by atoms with Gasteiger partial charge in [-0.25, -0.2) is 4.90 Å². The first kappa shape index (κ1) is 23.2. The van der Waals surface area contributed by atoms with Gasteiger partial charge in [-0.3, -0.25) is 14.4 Å². The number of nitrogens with one attached hydrogen (secondary N) is 1. The van der Waals surface area contributed by atoms with Crippen LogP contribution in [0.3, 0.4) is 0 Å². The summed E-state index contributed by atoms with van der Waals surface area (Å²) in [6.07, 6.45) is 3.79. The van der Waals surface area contributed by atoms with E-state index in [1.54, 1.807) is 37.4 Å². The second-order valence-electron chi connectivity index (χ2n) is 10.1. The van der Waals surface area contributed by atoms with Crippen molar-refractivity contribution in [1.82, 2.24) is 4.90 Å². The van der Waals surface area contributed by atoms with E-state index in [0.29, 0.717) is 17.1 Å². The lowest BCUT2D eigenvalue weighted by atomic mass is 9.84. The van der Waals surface area contributed by atoms with Crippen molar-refractivity contribution in [3.8, 4) is 5.75 Å². The zero-order valence-corrected chi connectivity index (χ0v) is 21.2. The summed E-state index contributed by atoms with van der Waals surface area (Å²) >= 11 is 0. The first-order valence-corrected chi connectivity index (χ1v) is 12.9. The van der Waals surface area contributed by atoms with E-state index < -0.39 is 23.9 Å². The van der Waals surface area contributed by atoms with Crippen LogP contribution >= 0.6 is 0 Å². The highest BCUT2D eigenvalue weighted by molar-refractivity contribution is 6.24. The van der Waals surface area contributed by atoms with Gasteiger partial charge in [-0.15, -0.1) is 0 Å². The largest absolute Gasteiger partial charge is 0.497 e. The number of ether oxygens (including phenoxy) is 1. The molecule has 2 fully saturated rings. The summed E-state index contributed by atoms with van der Waals surface area (Å²) in [4.78, 5) is 45.2. The minimum Gasteiger partial charge on any atom is -0.497 e. The monoisotopic (exact) mass is 515 g/mol. The van der Waals surface area contributed by atoms with E-state index in [1.807, 2.05) is 77.8 Å². The topological polar surface area (TPSA) is 79.0 Å². The Morgan fingerprint density at radius 2 is 1.54 bits per heavy atom. The zero-order valence-electron chi connectivity index (χ0n) is 21.2. The maximum Gasteiger partial charge on any atom is 0.247 e. The highest BCUT2D eigenvalue weighted by Gasteiger charge is 2.64. The molecule has 4 atom stereocenters. The van der Waals surface area contributed by atoms with Gasteiger partial charge in [0.05, 0.1) is 30.7 Å². The molecule has 3 aliphatic rings. The molecular weight excluding hydrogens is 490 g/mol. The second-order valence-corrected chi connectivity index (χ2v) is 10.1. The van der Waals surface area contributed by atoms with E-state index in [2.05, 4.69) is 5.32 Å². The molecule has 2 saturated heterocycles. The Kier molecular flexibility index (Phi) is 5.26. The number of carbonyl (C=O) groups is 3. The third-order valence-electron chi connectivity index (χ3n) is 8.08. The number of hydrogen-bond acceptors (Lipinski definition) is 5. The molecule has 4 aromatic rings. The molecule has 4 aromatic carbocycles. The fourth-order valence-corrected chi connectivity index (χ4v) is 6.32. The minimum absolute atomic E-state index is 0.278. The first-order chi connectivity index (χ1) is 19.0. The van der Waals surface area contributed by atoms with Crippen molar-refractivity contribution >= 4 is 45.9 Å². The number of rotatable bonds is 4. The van der Waals surface area contributed by atoms with Crippen LogP contribution in [0.1, 0.15) is 17.2 Å². The molecule has 0 bridgehead atoms. The number of methoxy groups -OCH3 is 1. The van der Waals surface area contributed by atoms with E-state index >= 15 is 0 Å². The molecule has 0 aliphatic carbocycles. The number of benzene rings is 4. The number of anilines is 2. The molecule has 3 amide bonds. The molecule has 0 aromatic heterocycles. The normalized spacial score (nSPS) is 23.0. The molecule has 0 saturated carbocycles. The average Bonchev–Trinajstić information content (AvgIpc) is 3.45. The van der Waals surface area contributed by atoms with Crippen molar-refractivity contribution in [3.05, 3.63) is 108 Å². The lowest BCUT2D eigenvalue weighted by Crippen LogP contribution is -2.46. The summed E-state index contributed by atoms with van der Waals surface area (Å²) < 4.78 is 5.22. The third-order valence-corrected chi connectivity index (χ3v) is 8.08. The number of hydrogen-bond donors (Lipinski definition) is 1. The van der Waals surface area contributed by atoms with Crippen molar-refractivity contribution in [1.29, 1.82) is 0 Å². The zero-order chi connectivity index (χ0) is 26.7. The van der Waals surface area contributed by atoms with Gasteiger partial charge in [0.1, 0.15) is 11.8 Å². The van der Waals surface area contributed by atoms with E-state index in [4.69, 9.17) is 4.74 Å². The lowest BCUT2D eigenvalue weighted by molar-refractivity contribution is -0.128. The van der Waals surface area contributed by atoms with Crippen LogP contribution in [-0.4, -0.2) is 35.8 Å². The van der Waals surface area contributed by atoms with Crippen LogP contribution < -0.4 is 15.0 Å². The number of imide groups is 1. The van der Waals surface area contributed by atoms with Crippen molar-refractivity contribution in [2.75, 3.05) is 17.3 Å². The highest BCUT2D eigenvalue weighted by Crippen LogP contribution is 2.53. The standard InChI is InChI=1S/C32H25N3O4/c1-39-24-14-11-22(12-15-24)33-30(36)29-27-26(28-25-9-5-4-7-20(25)16-17-34(28)29)31(37)35(32(27)38)23-13-10-19-6-2-3-8-21(19)18-23/h2-18,26-29H,1H3,(H,33,36). The van der Waals surface area contributed by atoms with Crippen molar-refractivity contribution in [2.24, 2.45) is 11.8 Å². The first-order valence-electron chi connectivity index (χ1n) is 12.9. The van der Waals surface area contributed by atoms with Crippen molar-refractivity contribution in [2.45, 2.75) is 12.1 Å². The highest BCUT2D eigenvalue weighted by atomic mass is 16.5. The predicted octanol–water partition coefficient (Wildman–Crippen LogP) is 5.00. The molecule has 0 radical (unpaired) electrons. The van der Waals surface area contributed by atoms with Crippen molar-refractivity contribution in [3.63, 3.8) is 0 Å². The number of carbonyl (C=O) groups excluding carboxylic acids is 3. The van der Waals surface area contributed by atoms with E-state index in [0.717, 1.165) is 21.9 Å². The van der Waals surface area contributed by atoms with Gasteiger partial charge in [-0.05, 0) is 64.4 Å². The quantitative estimate of drug-likeness (QED) is 0.387. The fraction of sp³-hybridized carbons (Fsp3) is 0.156. The summed E-state index contributed by atoms with van der Waals surface area (Å²) in [5.74, 6) is -1.81. The van der Waals surface area contributed by atoms with E-state index in [9.17, 15) is 14.4 Å². The Balaban J connectivity index is 1.30. The molecule has 1 N–H and O–H groups in total. The third kappa shape index (κ3) is 3.54. The van der Waals surface area contributed by atoms with Crippen LogP contribution in [0.15, 0.2) is 97.2 Å². The molecule has 39 heavy (non-hydrogen) atoms. The number of amides is 3. The average molecular weight is 516 g/mol. The van der Waals surface area contributed by atoms with Crippen LogP contribution in [0.4, 0.5) is 11.4 Å². The maximum atomic E-state index is 14.1. The Labute approximate surface area is 225 Å². The fourth-order valence-electron chi connectivity index (χ4n) is 6.32. The van der Waals surface area contributed by atoms with Gasteiger partial charge in [-0.2, -0.15) is 0 Å². The SMILES string of the molecule is COc1ccc(NC(=O)C2C3C(=O)N(c4ccc5ccccc5c4)C(=O)C3C3c4ccccc4C=CN23)cc1. The molecule has 7 rings (SSSR count). The lowest BCUT2D eigenvalue weighted by Gasteiger charge is -2.35. The maximum absolute atomic E-state index is 14.1. The summed E-state index contributed by atoms with van der Waals surface area (Å²) in [5, 5.41) is 4.93. The number of fused-ring (bicyclic) bond motifs is 6. The van der Waals surface area contributed by atoms with Gasteiger partial charge >= 0.3 is 0 Å². The Hall–Kier alpha value is -4.91. The molecule has 3 heterocycles. The summed E-state index contributed by atoms with van der Waals surface area (Å²) in [5.41, 5.74) is 3.04. The molecule has 7 heteroatoms. The molecule has 3 aliphatic heterocycles. The van der Waals surface area contributed by atoms with Gasteiger partial charge in [0.2, 0.25) is 17.7 Å². The Morgan fingerprint density at radius 3 is 2.33 bits per heavy atom. The Morgan fingerprint density at radius 1 is 0.821 bits per heavy atom. The van der Waals surface area contributed by atoms with Crippen LogP contribution in [0, 0.1) is 11.8 Å². The van der Waals surface area contributed by atoms with Gasteiger partial charge in [0.15, 0.2) is 0 Å². The van der Waals surface area contributed by atoms with Crippen LogP contribution in [0.5, 0.6) is 5.75 Å². The molecule has 7 nitrogen and oxygen atoms in total. The summed E-state index contributed by atoms with van der Waals surface area (Å²) in [6.45, 7) is 0. The molecular formula is C32H25N3O4. The summed E-state index contributed by atoms with van der Waals surface area (Å²) in [6, 6.07) is 27.0. The molecule has 4 unspecified atom stereocenters. The Bertz CT molecular complexity index is 1680. The smallest absolute Gasteiger partial charge is 0.247 e. The van der Waals surface area contributed by atoms with Gasteiger partial charge in [0.25, 0.3) is 0 Å². The summed E-state index contributed by atoms with van der Waals surface area (Å²) in [7, 11) is 1.58.